The van der Waals surface area contributed by atoms with Gasteiger partial charge in [-0.3, -0.25) is 4.79 Å². The second-order valence-corrected chi connectivity index (χ2v) is 6.91. The van der Waals surface area contributed by atoms with Crippen molar-refractivity contribution in [3.63, 3.8) is 0 Å². The first-order chi connectivity index (χ1) is 11.6. The summed E-state index contributed by atoms with van der Waals surface area (Å²) >= 11 is 1.04. The molecule has 126 valence electrons. The first-order valence-corrected chi connectivity index (χ1v) is 8.75. The molecule has 1 aliphatic heterocycles. The van der Waals surface area contributed by atoms with Gasteiger partial charge in [-0.1, -0.05) is 18.2 Å². The highest BCUT2D eigenvalue weighted by molar-refractivity contribution is 7.15. The van der Waals surface area contributed by atoms with Gasteiger partial charge in [-0.05, 0) is 43.0 Å². The number of carboxylic acids is 1. The Balaban J connectivity index is 1.49. The molecule has 1 aliphatic rings. The van der Waals surface area contributed by atoms with Crippen molar-refractivity contribution in [2.45, 2.75) is 12.8 Å². The van der Waals surface area contributed by atoms with Crippen LogP contribution in [0.25, 0.3) is 0 Å². The highest BCUT2D eigenvalue weighted by Crippen LogP contribution is 2.23. The topological polar surface area (TPSA) is 66.8 Å². The molecule has 1 amide bonds. The molecule has 0 aliphatic carbocycles. The molecule has 1 N–H and O–H groups in total. The van der Waals surface area contributed by atoms with E-state index in [0.29, 0.717) is 30.5 Å². The van der Waals surface area contributed by atoms with Crippen molar-refractivity contribution in [1.29, 1.82) is 0 Å². The predicted octanol–water partition coefficient (Wildman–Crippen LogP) is 3.38. The van der Waals surface area contributed by atoms with Crippen LogP contribution < -0.4 is 4.74 Å². The molecule has 2 aromatic rings. The van der Waals surface area contributed by atoms with Crippen LogP contribution in [0, 0.1) is 5.92 Å². The van der Waals surface area contributed by atoms with Gasteiger partial charge in [-0.15, -0.1) is 11.3 Å². The Kier molecular flexibility index (Phi) is 5.15. The minimum atomic E-state index is -0.990. The molecule has 1 saturated heterocycles. The fourth-order valence-corrected chi connectivity index (χ4v) is 3.57. The van der Waals surface area contributed by atoms with E-state index >= 15 is 0 Å². The average molecular weight is 345 g/mol. The van der Waals surface area contributed by atoms with Gasteiger partial charge in [-0.2, -0.15) is 0 Å². The molecule has 2 heterocycles. The van der Waals surface area contributed by atoms with Gasteiger partial charge in [0.2, 0.25) is 0 Å². The molecule has 0 unspecified atom stereocenters. The average Bonchev–Trinajstić information content (AvgIpc) is 3.11. The van der Waals surface area contributed by atoms with Crippen molar-refractivity contribution in [3.05, 3.63) is 52.2 Å². The van der Waals surface area contributed by atoms with E-state index in [1.54, 1.807) is 11.0 Å². The SMILES string of the molecule is O=C(O)c1ccc(C(=O)N2CCC(COc3ccccc3)CC2)s1. The number of likely N-dealkylation sites (tertiary alicyclic amines) is 1. The Morgan fingerprint density at radius 2 is 1.75 bits per heavy atom. The molecule has 1 aromatic carbocycles. The number of carbonyl (C=O) groups excluding carboxylic acids is 1. The first kappa shape index (κ1) is 16.5. The number of aromatic carboxylic acids is 1. The summed E-state index contributed by atoms with van der Waals surface area (Å²) in [5, 5.41) is 8.95. The number of carboxylic acid groups (broad SMARTS) is 1. The zero-order chi connectivity index (χ0) is 16.9. The Labute approximate surface area is 144 Å². The number of hydrogen-bond acceptors (Lipinski definition) is 4. The number of rotatable bonds is 5. The van der Waals surface area contributed by atoms with Crippen LogP contribution in [0.4, 0.5) is 0 Å². The van der Waals surface area contributed by atoms with Gasteiger partial charge in [0.15, 0.2) is 0 Å². The minimum absolute atomic E-state index is 0.0741. The van der Waals surface area contributed by atoms with Crippen LogP contribution >= 0.6 is 11.3 Å². The lowest BCUT2D eigenvalue weighted by molar-refractivity contribution is 0.0664. The van der Waals surface area contributed by atoms with Crippen molar-refractivity contribution in [2.75, 3.05) is 19.7 Å². The molecule has 0 bridgehead atoms. The van der Waals surface area contributed by atoms with Crippen LogP contribution in [0.5, 0.6) is 5.75 Å². The summed E-state index contributed by atoms with van der Waals surface area (Å²) in [6.07, 6.45) is 1.80. The molecule has 5 nitrogen and oxygen atoms in total. The molecule has 0 saturated carbocycles. The molecule has 1 aromatic heterocycles. The lowest BCUT2D eigenvalue weighted by atomic mass is 9.97. The number of thiophene rings is 1. The van der Waals surface area contributed by atoms with Crippen LogP contribution in [0.15, 0.2) is 42.5 Å². The summed E-state index contributed by atoms with van der Waals surface area (Å²) in [5.41, 5.74) is 0. The Morgan fingerprint density at radius 1 is 1.08 bits per heavy atom. The van der Waals surface area contributed by atoms with E-state index in [4.69, 9.17) is 9.84 Å². The summed E-state index contributed by atoms with van der Waals surface area (Å²) in [7, 11) is 0. The van der Waals surface area contributed by atoms with Crippen molar-refractivity contribution in [2.24, 2.45) is 5.92 Å². The normalized spacial score (nSPS) is 15.2. The summed E-state index contributed by atoms with van der Waals surface area (Å²) in [6, 6.07) is 12.8. The Hall–Kier alpha value is -2.34. The summed E-state index contributed by atoms with van der Waals surface area (Å²) < 4.78 is 5.79. The van der Waals surface area contributed by atoms with Gasteiger partial charge >= 0.3 is 5.97 Å². The molecule has 0 spiro atoms. The van der Waals surface area contributed by atoms with Gasteiger partial charge in [0, 0.05) is 13.1 Å². The number of carbonyl (C=O) groups is 2. The number of nitrogens with zero attached hydrogens (tertiary/aromatic N) is 1. The molecule has 3 rings (SSSR count). The zero-order valence-corrected chi connectivity index (χ0v) is 14.0. The van der Waals surface area contributed by atoms with E-state index < -0.39 is 5.97 Å². The second kappa shape index (κ2) is 7.49. The third kappa shape index (κ3) is 3.94. The van der Waals surface area contributed by atoms with Crippen LogP contribution in [0.3, 0.4) is 0 Å². The van der Waals surface area contributed by atoms with E-state index in [-0.39, 0.29) is 10.8 Å². The molecule has 0 atom stereocenters. The van der Waals surface area contributed by atoms with Gasteiger partial charge in [-0.25, -0.2) is 4.79 Å². The monoisotopic (exact) mass is 345 g/mol. The highest BCUT2D eigenvalue weighted by Gasteiger charge is 2.25. The van der Waals surface area contributed by atoms with E-state index in [2.05, 4.69) is 0 Å². The minimum Gasteiger partial charge on any atom is -0.493 e. The number of benzene rings is 1. The number of para-hydroxylation sites is 1. The maximum absolute atomic E-state index is 12.4. The van der Waals surface area contributed by atoms with E-state index in [1.165, 1.54) is 6.07 Å². The van der Waals surface area contributed by atoms with Gasteiger partial charge in [0.25, 0.3) is 5.91 Å². The van der Waals surface area contributed by atoms with E-state index in [0.717, 1.165) is 29.9 Å². The third-order valence-electron chi connectivity index (χ3n) is 4.16. The second-order valence-electron chi connectivity index (χ2n) is 5.83. The molecular formula is C18H19NO4S. The smallest absolute Gasteiger partial charge is 0.345 e. The van der Waals surface area contributed by atoms with E-state index in [1.807, 2.05) is 30.3 Å². The Bertz CT molecular complexity index is 705. The predicted molar refractivity (Wildman–Crippen MR) is 91.8 cm³/mol. The van der Waals surface area contributed by atoms with Crippen LogP contribution in [0.2, 0.25) is 0 Å². The van der Waals surface area contributed by atoms with Gasteiger partial charge in [0.05, 0.1) is 11.5 Å². The van der Waals surface area contributed by atoms with Crippen LogP contribution in [-0.4, -0.2) is 41.6 Å². The van der Waals surface area contributed by atoms with Crippen LogP contribution in [-0.2, 0) is 0 Å². The fourth-order valence-electron chi connectivity index (χ4n) is 2.76. The number of amides is 1. The number of hydrogen-bond donors (Lipinski definition) is 1. The summed E-state index contributed by atoms with van der Waals surface area (Å²) in [5.74, 6) is 0.244. The third-order valence-corrected chi connectivity index (χ3v) is 5.22. The molecular weight excluding hydrogens is 326 g/mol. The Morgan fingerprint density at radius 3 is 2.38 bits per heavy atom. The molecule has 6 heteroatoms. The summed E-state index contributed by atoms with van der Waals surface area (Å²) in [4.78, 5) is 25.8. The van der Waals surface area contributed by atoms with Crippen LogP contribution in [0.1, 0.15) is 32.2 Å². The number of piperidine rings is 1. The van der Waals surface area contributed by atoms with Crippen molar-refractivity contribution in [3.8, 4) is 5.75 Å². The quantitative estimate of drug-likeness (QED) is 0.902. The lowest BCUT2D eigenvalue weighted by Crippen LogP contribution is -2.39. The highest BCUT2D eigenvalue weighted by atomic mass is 32.1. The molecule has 24 heavy (non-hydrogen) atoms. The zero-order valence-electron chi connectivity index (χ0n) is 13.2. The maximum atomic E-state index is 12.4. The summed E-state index contributed by atoms with van der Waals surface area (Å²) in [6.45, 7) is 2.03. The van der Waals surface area contributed by atoms with Gasteiger partial charge in [0.1, 0.15) is 10.6 Å². The van der Waals surface area contributed by atoms with E-state index in [9.17, 15) is 9.59 Å². The standard InChI is InChI=1S/C18H19NO4S/c20-17(15-6-7-16(24-15)18(21)22)19-10-8-13(9-11-19)12-23-14-4-2-1-3-5-14/h1-7,13H,8-12H2,(H,21,22). The first-order valence-electron chi connectivity index (χ1n) is 7.94. The van der Waals surface area contributed by atoms with Crippen molar-refractivity contribution in [1.82, 2.24) is 4.90 Å². The van der Waals surface area contributed by atoms with Crippen molar-refractivity contribution >= 4 is 23.2 Å². The van der Waals surface area contributed by atoms with Gasteiger partial charge < -0.3 is 14.7 Å². The maximum Gasteiger partial charge on any atom is 0.345 e. The molecule has 1 fully saturated rings. The van der Waals surface area contributed by atoms with Crippen molar-refractivity contribution < 1.29 is 19.4 Å². The fraction of sp³-hybridized carbons (Fsp3) is 0.333. The lowest BCUT2D eigenvalue weighted by Gasteiger charge is -2.31. The largest absolute Gasteiger partial charge is 0.493 e. The number of ether oxygens (including phenoxy) is 1. The molecule has 0 radical (unpaired) electrons.